The lowest BCUT2D eigenvalue weighted by molar-refractivity contribution is 0.414. The molecule has 0 fully saturated rings. The van der Waals surface area contributed by atoms with E-state index in [1.165, 1.54) is 0 Å². The van der Waals surface area contributed by atoms with E-state index in [1.807, 2.05) is 38.2 Å². The Bertz CT molecular complexity index is 528. The maximum Gasteiger partial charge on any atom is 0.133 e. The lowest BCUT2D eigenvalue weighted by atomic mass is 10.3. The molecule has 1 N–H and O–H groups in total. The summed E-state index contributed by atoms with van der Waals surface area (Å²) in [5.41, 5.74) is 1.06. The van der Waals surface area contributed by atoms with Crippen LogP contribution in [0.25, 0.3) is 0 Å². The molecule has 0 amide bonds. The number of anilines is 1. The zero-order valence-electron chi connectivity index (χ0n) is 10.6. The number of ether oxygens (including phenoxy) is 1. The van der Waals surface area contributed by atoms with Crippen molar-refractivity contribution >= 4 is 17.6 Å². The van der Waals surface area contributed by atoms with Crippen LogP contribution in [0.1, 0.15) is 5.56 Å². The molecule has 0 bridgehead atoms. The first-order valence-electron chi connectivity index (χ1n) is 5.56. The van der Waals surface area contributed by atoms with E-state index < -0.39 is 0 Å². The first-order valence-corrected chi connectivity index (χ1v) is 6.37. The van der Waals surface area contributed by atoms with Gasteiger partial charge in [0, 0.05) is 17.5 Å². The fraction of sp³-hybridized carbons (Fsp3) is 0.231. The van der Waals surface area contributed by atoms with Crippen molar-refractivity contribution in [1.82, 2.24) is 9.97 Å². The number of nitrogens with zero attached hydrogens (tertiary/aromatic N) is 2. The third-order valence-electron chi connectivity index (χ3n) is 2.55. The fourth-order valence-corrected chi connectivity index (χ4v) is 2.39. The molecule has 2 rings (SSSR count). The van der Waals surface area contributed by atoms with Gasteiger partial charge in [-0.15, -0.1) is 0 Å². The van der Waals surface area contributed by atoms with Gasteiger partial charge < -0.3 is 10.1 Å². The third-order valence-corrected chi connectivity index (χ3v) is 3.66. The Hall–Kier alpha value is -1.75. The third kappa shape index (κ3) is 2.73. The standard InChI is InChI=1S/C13H15N3OS/c1-9-12(14-2)15-8-16-13(9)18-11-6-4-10(17-3)5-7-11/h4-8H,1-3H3,(H,14,15,16). The molecule has 5 heteroatoms. The van der Waals surface area contributed by atoms with Crippen molar-refractivity contribution in [3.63, 3.8) is 0 Å². The monoisotopic (exact) mass is 261 g/mol. The Morgan fingerprint density at radius 1 is 1.17 bits per heavy atom. The molecule has 0 radical (unpaired) electrons. The Balaban J connectivity index is 2.22. The van der Waals surface area contributed by atoms with E-state index in [0.717, 1.165) is 27.1 Å². The second-order valence-electron chi connectivity index (χ2n) is 3.68. The summed E-state index contributed by atoms with van der Waals surface area (Å²) in [7, 11) is 3.52. The van der Waals surface area contributed by atoms with Crippen LogP contribution in [0, 0.1) is 6.92 Å². The van der Waals surface area contributed by atoms with E-state index in [2.05, 4.69) is 15.3 Å². The quantitative estimate of drug-likeness (QED) is 0.857. The maximum absolute atomic E-state index is 5.13. The smallest absolute Gasteiger partial charge is 0.133 e. The number of benzene rings is 1. The highest BCUT2D eigenvalue weighted by Crippen LogP contribution is 2.31. The zero-order valence-corrected chi connectivity index (χ0v) is 11.4. The predicted molar refractivity (Wildman–Crippen MR) is 73.4 cm³/mol. The second-order valence-corrected chi connectivity index (χ2v) is 4.74. The normalized spacial score (nSPS) is 10.2. The topological polar surface area (TPSA) is 47.0 Å². The van der Waals surface area contributed by atoms with E-state index in [9.17, 15) is 0 Å². The molecule has 1 aromatic carbocycles. The molecule has 1 aromatic heterocycles. The maximum atomic E-state index is 5.13. The number of nitrogens with one attached hydrogen (secondary N) is 1. The average molecular weight is 261 g/mol. The lowest BCUT2D eigenvalue weighted by Crippen LogP contribution is -1.98. The van der Waals surface area contributed by atoms with Crippen molar-refractivity contribution in [1.29, 1.82) is 0 Å². The molecule has 0 aliphatic heterocycles. The number of hydrogen-bond acceptors (Lipinski definition) is 5. The van der Waals surface area contributed by atoms with Gasteiger partial charge in [-0.2, -0.15) is 0 Å². The van der Waals surface area contributed by atoms with Crippen molar-refractivity contribution in [3.05, 3.63) is 36.2 Å². The average Bonchev–Trinajstić information content (AvgIpc) is 2.42. The summed E-state index contributed by atoms with van der Waals surface area (Å²) in [4.78, 5) is 9.60. The highest BCUT2D eigenvalue weighted by molar-refractivity contribution is 7.99. The summed E-state index contributed by atoms with van der Waals surface area (Å²) < 4.78 is 5.13. The van der Waals surface area contributed by atoms with Crippen LogP contribution >= 0.6 is 11.8 Å². The van der Waals surface area contributed by atoms with Crippen LogP contribution < -0.4 is 10.1 Å². The molecule has 4 nitrogen and oxygen atoms in total. The Morgan fingerprint density at radius 3 is 2.50 bits per heavy atom. The number of aromatic nitrogens is 2. The van der Waals surface area contributed by atoms with Gasteiger partial charge in [0.25, 0.3) is 0 Å². The van der Waals surface area contributed by atoms with E-state index in [1.54, 1.807) is 25.2 Å². The summed E-state index contributed by atoms with van der Waals surface area (Å²) in [5, 5.41) is 4.01. The summed E-state index contributed by atoms with van der Waals surface area (Å²) in [6, 6.07) is 7.92. The predicted octanol–water partition coefficient (Wildman–Crippen LogP) is 2.99. The molecule has 0 atom stereocenters. The molecule has 0 saturated heterocycles. The minimum Gasteiger partial charge on any atom is -0.497 e. The van der Waals surface area contributed by atoms with E-state index in [4.69, 9.17) is 4.74 Å². The van der Waals surface area contributed by atoms with Gasteiger partial charge in [-0.25, -0.2) is 9.97 Å². The van der Waals surface area contributed by atoms with Crippen LogP contribution in [0.5, 0.6) is 5.75 Å². The number of hydrogen-bond donors (Lipinski definition) is 1. The SMILES string of the molecule is CNc1ncnc(Sc2ccc(OC)cc2)c1C. The lowest BCUT2D eigenvalue weighted by Gasteiger charge is -2.08. The summed E-state index contributed by atoms with van der Waals surface area (Å²) in [5.74, 6) is 1.72. The molecule has 0 saturated carbocycles. The minimum atomic E-state index is 0.856. The largest absolute Gasteiger partial charge is 0.497 e. The summed E-state index contributed by atoms with van der Waals surface area (Å²) in [6.45, 7) is 2.01. The first kappa shape index (κ1) is 12.7. The first-order chi connectivity index (χ1) is 8.74. The highest BCUT2D eigenvalue weighted by Gasteiger charge is 2.07. The Labute approximate surface area is 111 Å². The van der Waals surface area contributed by atoms with Crippen molar-refractivity contribution in [2.45, 2.75) is 16.8 Å². The molecule has 1 heterocycles. The van der Waals surface area contributed by atoms with Crippen LogP contribution in [0.4, 0.5) is 5.82 Å². The van der Waals surface area contributed by atoms with Crippen molar-refractivity contribution in [2.75, 3.05) is 19.5 Å². The molecule has 0 aliphatic rings. The van der Waals surface area contributed by atoms with Gasteiger partial charge >= 0.3 is 0 Å². The van der Waals surface area contributed by atoms with Crippen LogP contribution in [-0.4, -0.2) is 24.1 Å². The molecule has 18 heavy (non-hydrogen) atoms. The van der Waals surface area contributed by atoms with Gasteiger partial charge in [-0.3, -0.25) is 0 Å². The Morgan fingerprint density at radius 2 is 1.89 bits per heavy atom. The van der Waals surface area contributed by atoms with Gasteiger partial charge in [0.1, 0.15) is 22.9 Å². The molecule has 0 unspecified atom stereocenters. The van der Waals surface area contributed by atoms with Crippen molar-refractivity contribution in [2.24, 2.45) is 0 Å². The van der Waals surface area contributed by atoms with Gasteiger partial charge in [0.2, 0.25) is 0 Å². The summed E-state index contributed by atoms with van der Waals surface area (Å²) in [6.07, 6.45) is 1.57. The van der Waals surface area contributed by atoms with Crippen LogP contribution in [-0.2, 0) is 0 Å². The molecular formula is C13H15N3OS. The van der Waals surface area contributed by atoms with Crippen LogP contribution in [0.2, 0.25) is 0 Å². The van der Waals surface area contributed by atoms with Crippen LogP contribution in [0.15, 0.2) is 40.5 Å². The van der Waals surface area contributed by atoms with Crippen LogP contribution in [0.3, 0.4) is 0 Å². The molecule has 0 spiro atoms. The molecule has 94 valence electrons. The van der Waals surface area contributed by atoms with Gasteiger partial charge in [-0.1, -0.05) is 11.8 Å². The van der Waals surface area contributed by atoms with E-state index in [0.29, 0.717) is 0 Å². The van der Waals surface area contributed by atoms with Gasteiger partial charge in [-0.05, 0) is 31.2 Å². The Kier molecular flexibility index (Phi) is 4.04. The van der Waals surface area contributed by atoms with E-state index >= 15 is 0 Å². The zero-order chi connectivity index (χ0) is 13.0. The fourth-order valence-electron chi connectivity index (χ4n) is 1.54. The molecule has 2 aromatic rings. The van der Waals surface area contributed by atoms with Crippen molar-refractivity contribution < 1.29 is 4.74 Å². The van der Waals surface area contributed by atoms with Gasteiger partial charge in [0.05, 0.1) is 7.11 Å². The van der Waals surface area contributed by atoms with Gasteiger partial charge in [0.15, 0.2) is 0 Å². The molecule has 0 aliphatic carbocycles. The number of methoxy groups -OCH3 is 1. The van der Waals surface area contributed by atoms with Crippen molar-refractivity contribution in [3.8, 4) is 5.75 Å². The highest BCUT2D eigenvalue weighted by atomic mass is 32.2. The number of rotatable bonds is 4. The second kappa shape index (κ2) is 5.73. The minimum absolute atomic E-state index is 0.856. The van der Waals surface area contributed by atoms with E-state index in [-0.39, 0.29) is 0 Å². The summed E-state index contributed by atoms with van der Waals surface area (Å²) >= 11 is 1.62. The molecular weight excluding hydrogens is 246 g/mol.